The highest BCUT2D eigenvalue weighted by Crippen LogP contribution is 2.17. The summed E-state index contributed by atoms with van der Waals surface area (Å²) in [6, 6.07) is 0.733. The summed E-state index contributed by atoms with van der Waals surface area (Å²) in [4.78, 5) is 2.52. The minimum atomic E-state index is 0.733. The van der Waals surface area contributed by atoms with Crippen molar-refractivity contribution in [1.82, 2.24) is 4.90 Å². The Bertz CT molecular complexity index is 154. The lowest BCUT2D eigenvalue weighted by Crippen LogP contribution is -2.36. The molecule has 0 bridgehead atoms. The lowest BCUT2D eigenvalue weighted by molar-refractivity contribution is 0.221. The molecule has 0 N–H and O–H groups in total. The summed E-state index contributed by atoms with van der Waals surface area (Å²) in [6.45, 7) is 6.88. The van der Waals surface area contributed by atoms with Gasteiger partial charge in [0.25, 0.3) is 0 Å². The molecule has 0 aromatic rings. The molecule has 0 saturated heterocycles. The Hall–Kier alpha value is 0.180. The van der Waals surface area contributed by atoms with Gasteiger partial charge in [0.2, 0.25) is 0 Å². The first kappa shape index (κ1) is 9.27. The fraction of sp³-hybridized carbons (Fsp3) is 0.778. The molecule has 1 unspecified atom stereocenters. The first-order valence-corrected chi connectivity index (χ1v) is 5.12. The molecule has 0 aromatic heterocycles. The van der Waals surface area contributed by atoms with Gasteiger partial charge in [0.15, 0.2) is 0 Å². The first-order valence-electron chi connectivity index (χ1n) is 4.32. The summed E-state index contributed by atoms with van der Waals surface area (Å²) < 4.78 is 1.35. The lowest BCUT2D eigenvalue weighted by Gasteiger charge is -2.30. The van der Waals surface area contributed by atoms with Gasteiger partial charge in [-0.05, 0) is 19.8 Å². The molecule has 0 aliphatic carbocycles. The van der Waals surface area contributed by atoms with Crippen LogP contribution in [0.4, 0.5) is 0 Å². The van der Waals surface area contributed by atoms with Crippen molar-refractivity contribution in [2.75, 3.05) is 13.1 Å². The van der Waals surface area contributed by atoms with Gasteiger partial charge < -0.3 is 0 Å². The average Bonchev–Trinajstić information content (AvgIpc) is 2.03. The van der Waals surface area contributed by atoms with Crippen molar-refractivity contribution in [1.29, 1.82) is 0 Å². The van der Waals surface area contributed by atoms with Crippen LogP contribution in [0.1, 0.15) is 26.7 Å². The maximum Gasteiger partial charge on any atom is 0.0299 e. The molecule has 0 amide bonds. The zero-order valence-corrected chi connectivity index (χ0v) is 8.89. The van der Waals surface area contributed by atoms with Crippen molar-refractivity contribution in [2.24, 2.45) is 0 Å². The molecule has 0 spiro atoms. The lowest BCUT2D eigenvalue weighted by atomic mass is 10.1. The Labute approximate surface area is 77.6 Å². The summed E-state index contributed by atoms with van der Waals surface area (Å²) in [7, 11) is 0. The monoisotopic (exact) mass is 217 g/mol. The Morgan fingerprint density at radius 2 is 2.45 bits per heavy atom. The maximum atomic E-state index is 3.55. The van der Waals surface area contributed by atoms with Crippen LogP contribution in [0.25, 0.3) is 0 Å². The molecular weight excluding hydrogens is 202 g/mol. The summed E-state index contributed by atoms with van der Waals surface area (Å²) in [5.74, 6) is 0. The number of rotatable bonds is 2. The van der Waals surface area contributed by atoms with Gasteiger partial charge in [0.05, 0.1) is 0 Å². The molecule has 0 saturated carbocycles. The molecule has 0 fully saturated rings. The van der Waals surface area contributed by atoms with Crippen LogP contribution in [0.15, 0.2) is 10.6 Å². The van der Waals surface area contributed by atoms with Crippen LogP contribution in [0, 0.1) is 0 Å². The van der Waals surface area contributed by atoms with Gasteiger partial charge in [0.1, 0.15) is 0 Å². The van der Waals surface area contributed by atoms with Crippen molar-refractivity contribution >= 4 is 15.9 Å². The van der Waals surface area contributed by atoms with E-state index in [0.29, 0.717) is 0 Å². The van der Waals surface area contributed by atoms with Crippen molar-refractivity contribution in [2.45, 2.75) is 32.7 Å². The van der Waals surface area contributed by atoms with Crippen molar-refractivity contribution in [3.05, 3.63) is 10.6 Å². The van der Waals surface area contributed by atoms with Crippen LogP contribution in [-0.4, -0.2) is 24.0 Å². The summed E-state index contributed by atoms with van der Waals surface area (Å²) in [6.07, 6.45) is 4.73. The number of hydrogen-bond acceptors (Lipinski definition) is 1. The van der Waals surface area contributed by atoms with Crippen LogP contribution in [0.5, 0.6) is 0 Å². The van der Waals surface area contributed by atoms with Crippen LogP contribution < -0.4 is 0 Å². The van der Waals surface area contributed by atoms with E-state index in [1.165, 1.54) is 23.9 Å². The van der Waals surface area contributed by atoms with E-state index in [4.69, 9.17) is 0 Å². The van der Waals surface area contributed by atoms with Gasteiger partial charge in [-0.3, -0.25) is 4.90 Å². The summed E-state index contributed by atoms with van der Waals surface area (Å²) in [5, 5.41) is 0. The largest absolute Gasteiger partial charge is 0.296 e. The molecule has 1 aliphatic heterocycles. The highest BCUT2D eigenvalue weighted by atomic mass is 79.9. The maximum absolute atomic E-state index is 3.55. The number of nitrogens with zero attached hydrogens (tertiary/aromatic N) is 1. The third-order valence-corrected chi connectivity index (χ3v) is 2.92. The van der Waals surface area contributed by atoms with Gasteiger partial charge in [-0.25, -0.2) is 0 Å². The smallest absolute Gasteiger partial charge is 0.0299 e. The van der Waals surface area contributed by atoms with E-state index in [2.05, 4.69) is 40.8 Å². The second kappa shape index (κ2) is 4.27. The molecule has 11 heavy (non-hydrogen) atoms. The number of hydrogen-bond donors (Lipinski definition) is 0. The van der Waals surface area contributed by atoms with Gasteiger partial charge in [-0.1, -0.05) is 28.9 Å². The van der Waals surface area contributed by atoms with Crippen LogP contribution >= 0.6 is 15.9 Å². The Balaban J connectivity index is 2.43. The van der Waals surface area contributed by atoms with Gasteiger partial charge in [-0.2, -0.15) is 0 Å². The van der Waals surface area contributed by atoms with E-state index < -0.39 is 0 Å². The predicted molar refractivity (Wildman–Crippen MR) is 53.0 cm³/mol. The Morgan fingerprint density at radius 1 is 1.73 bits per heavy atom. The third-order valence-electron chi connectivity index (χ3n) is 2.35. The van der Waals surface area contributed by atoms with E-state index in [0.717, 1.165) is 12.6 Å². The van der Waals surface area contributed by atoms with Gasteiger partial charge in [0, 0.05) is 23.6 Å². The molecule has 0 aromatic carbocycles. The van der Waals surface area contributed by atoms with E-state index in [1.54, 1.807) is 0 Å². The van der Waals surface area contributed by atoms with E-state index in [1.807, 2.05) is 0 Å². The third kappa shape index (κ3) is 2.60. The summed E-state index contributed by atoms with van der Waals surface area (Å²) in [5.41, 5.74) is 0. The molecule has 2 heteroatoms. The predicted octanol–water partition coefficient (Wildman–Crippen LogP) is 2.77. The fourth-order valence-electron chi connectivity index (χ4n) is 1.36. The fourth-order valence-corrected chi connectivity index (χ4v) is 1.91. The van der Waals surface area contributed by atoms with E-state index >= 15 is 0 Å². The molecule has 1 rings (SSSR count). The molecule has 1 heterocycles. The van der Waals surface area contributed by atoms with E-state index in [-0.39, 0.29) is 0 Å². The molecule has 0 radical (unpaired) electrons. The molecule has 1 aliphatic rings. The molecule has 1 atom stereocenters. The SMILES string of the molecule is CCC(C)N1CCC=C(Br)C1. The minimum absolute atomic E-state index is 0.733. The van der Waals surface area contributed by atoms with E-state index in [9.17, 15) is 0 Å². The Kier molecular flexibility index (Phi) is 3.60. The quantitative estimate of drug-likeness (QED) is 0.688. The van der Waals surface area contributed by atoms with Crippen LogP contribution in [0.2, 0.25) is 0 Å². The number of halogens is 1. The van der Waals surface area contributed by atoms with Crippen LogP contribution in [0.3, 0.4) is 0 Å². The molecule has 64 valence electrons. The molecular formula is C9H16BrN. The topological polar surface area (TPSA) is 3.24 Å². The van der Waals surface area contributed by atoms with Crippen molar-refractivity contribution in [3.63, 3.8) is 0 Å². The summed E-state index contributed by atoms with van der Waals surface area (Å²) >= 11 is 3.55. The van der Waals surface area contributed by atoms with Gasteiger partial charge >= 0.3 is 0 Å². The van der Waals surface area contributed by atoms with Crippen molar-refractivity contribution in [3.8, 4) is 0 Å². The minimum Gasteiger partial charge on any atom is -0.296 e. The van der Waals surface area contributed by atoms with Crippen molar-refractivity contribution < 1.29 is 0 Å². The Morgan fingerprint density at radius 3 is 3.00 bits per heavy atom. The first-order chi connectivity index (χ1) is 5.24. The highest BCUT2D eigenvalue weighted by molar-refractivity contribution is 9.11. The zero-order chi connectivity index (χ0) is 8.27. The second-order valence-electron chi connectivity index (χ2n) is 3.17. The normalized spacial score (nSPS) is 23.0. The zero-order valence-electron chi connectivity index (χ0n) is 7.31. The van der Waals surface area contributed by atoms with Gasteiger partial charge in [-0.15, -0.1) is 0 Å². The second-order valence-corrected chi connectivity index (χ2v) is 4.19. The highest BCUT2D eigenvalue weighted by Gasteiger charge is 2.14. The standard InChI is InChI=1S/C9H16BrN/c1-3-8(2)11-6-4-5-9(10)7-11/h5,8H,3-4,6-7H2,1-2H3. The van der Waals surface area contributed by atoms with Crippen LogP contribution in [-0.2, 0) is 0 Å². The molecule has 1 nitrogen and oxygen atoms in total. The average molecular weight is 218 g/mol.